The minimum atomic E-state index is -4.56. The molecule has 0 aliphatic rings. The van der Waals surface area contributed by atoms with Crippen LogP contribution in [0.5, 0.6) is 0 Å². The van der Waals surface area contributed by atoms with Crippen LogP contribution < -0.4 is 21.6 Å². The van der Waals surface area contributed by atoms with Crippen molar-refractivity contribution in [1.29, 1.82) is 0 Å². The van der Waals surface area contributed by atoms with Crippen LogP contribution in [0, 0.1) is 0 Å². The SMILES string of the molecule is C[C@H](CO[Si](c1ccccc1)(c1ccccc1)C(C)(C)C)n1c(=O)ccn(-c2cccc(C(F)(F)F)c2)c1=O. The molecule has 3 aromatic carbocycles. The van der Waals surface area contributed by atoms with Gasteiger partial charge in [-0.1, -0.05) is 87.5 Å². The lowest BCUT2D eigenvalue weighted by atomic mass is 10.2. The summed E-state index contributed by atoms with van der Waals surface area (Å²) in [5.41, 5.74) is -2.15. The number of nitrogens with zero attached hydrogens (tertiary/aromatic N) is 2. The average Bonchev–Trinajstić information content (AvgIpc) is 2.89. The van der Waals surface area contributed by atoms with Crippen molar-refractivity contribution in [2.24, 2.45) is 0 Å². The predicted molar refractivity (Wildman–Crippen MR) is 150 cm³/mol. The monoisotopic (exact) mass is 552 g/mol. The van der Waals surface area contributed by atoms with Crippen LogP contribution in [-0.4, -0.2) is 24.1 Å². The van der Waals surface area contributed by atoms with E-state index in [1.807, 2.05) is 60.7 Å². The van der Waals surface area contributed by atoms with Gasteiger partial charge in [0.2, 0.25) is 0 Å². The molecule has 0 saturated heterocycles. The summed E-state index contributed by atoms with van der Waals surface area (Å²) < 4.78 is 48.8. The molecule has 0 unspecified atom stereocenters. The first-order valence-electron chi connectivity index (χ1n) is 12.6. The summed E-state index contributed by atoms with van der Waals surface area (Å²) >= 11 is 0. The third-order valence-corrected chi connectivity index (χ3v) is 11.9. The highest BCUT2D eigenvalue weighted by Gasteiger charge is 2.50. The molecule has 1 atom stereocenters. The van der Waals surface area contributed by atoms with Gasteiger partial charge in [-0.05, 0) is 40.5 Å². The topological polar surface area (TPSA) is 53.2 Å². The zero-order chi connectivity index (χ0) is 28.4. The molecule has 0 fully saturated rings. The Bertz CT molecular complexity index is 1500. The summed E-state index contributed by atoms with van der Waals surface area (Å²) in [6.07, 6.45) is -3.36. The Morgan fingerprint density at radius 1 is 0.821 bits per heavy atom. The number of benzene rings is 3. The van der Waals surface area contributed by atoms with E-state index in [1.165, 1.54) is 24.4 Å². The van der Waals surface area contributed by atoms with Crippen LogP contribution in [0.2, 0.25) is 5.04 Å². The summed E-state index contributed by atoms with van der Waals surface area (Å²) in [6.45, 7) is 8.13. The lowest BCUT2D eigenvalue weighted by molar-refractivity contribution is -0.137. The summed E-state index contributed by atoms with van der Waals surface area (Å²) in [6, 6.07) is 24.9. The highest BCUT2D eigenvalue weighted by Crippen LogP contribution is 2.37. The van der Waals surface area contributed by atoms with Gasteiger partial charge < -0.3 is 4.43 Å². The van der Waals surface area contributed by atoms with Gasteiger partial charge in [-0.2, -0.15) is 13.2 Å². The number of hydrogen-bond donors (Lipinski definition) is 0. The predicted octanol–water partition coefficient (Wildman–Crippen LogP) is 5.16. The van der Waals surface area contributed by atoms with Gasteiger partial charge in [0.1, 0.15) is 0 Å². The van der Waals surface area contributed by atoms with Crippen molar-refractivity contribution in [3.8, 4) is 5.69 Å². The maximum atomic E-state index is 13.5. The van der Waals surface area contributed by atoms with Gasteiger partial charge in [0.15, 0.2) is 0 Å². The molecule has 1 heterocycles. The van der Waals surface area contributed by atoms with Gasteiger partial charge in [0.25, 0.3) is 13.9 Å². The van der Waals surface area contributed by atoms with E-state index >= 15 is 0 Å². The van der Waals surface area contributed by atoms with Crippen molar-refractivity contribution < 1.29 is 17.6 Å². The zero-order valence-electron chi connectivity index (χ0n) is 22.3. The van der Waals surface area contributed by atoms with E-state index in [1.54, 1.807) is 6.92 Å². The number of aromatic nitrogens is 2. The molecule has 0 aliphatic heterocycles. The first-order chi connectivity index (χ1) is 18.4. The molecule has 39 heavy (non-hydrogen) atoms. The highest BCUT2D eigenvalue weighted by atomic mass is 28.4. The molecule has 9 heteroatoms. The van der Waals surface area contributed by atoms with Crippen molar-refractivity contribution in [2.75, 3.05) is 6.61 Å². The van der Waals surface area contributed by atoms with Crippen LogP contribution in [0.1, 0.15) is 39.3 Å². The van der Waals surface area contributed by atoms with Gasteiger partial charge in [-0.15, -0.1) is 0 Å². The summed E-state index contributed by atoms with van der Waals surface area (Å²) in [5.74, 6) is 0. The molecular weight excluding hydrogens is 521 g/mol. The number of alkyl halides is 3. The first kappa shape index (κ1) is 28.3. The fraction of sp³-hybridized carbons (Fsp3) is 0.267. The standard InChI is InChI=1S/C30H31F3N2O3Si/c1-22(35-27(36)18-19-34(28(35)37)24-13-11-12-23(20-24)30(31,32)33)21-38-39(29(2,3)4,25-14-7-5-8-15-25)26-16-9-6-10-17-26/h5-20,22H,21H2,1-4H3/t22-/m1/s1. The van der Waals surface area contributed by atoms with Crippen LogP contribution in [0.4, 0.5) is 13.2 Å². The van der Waals surface area contributed by atoms with Crippen LogP contribution >= 0.6 is 0 Å². The minimum Gasteiger partial charge on any atom is -0.405 e. The maximum absolute atomic E-state index is 13.5. The van der Waals surface area contributed by atoms with E-state index in [-0.39, 0.29) is 17.3 Å². The Morgan fingerprint density at radius 2 is 1.38 bits per heavy atom. The molecule has 0 amide bonds. The third-order valence-electron chi connectivity index (χ3n) is 6.87. The van der Waals surface area contributed by atoms with Crippen LogP contribution in [0.25, 0.3) is 5.69 Å². The molecule has 4 rings (SSSR count). The molecule has 204 valence electrons. The number of halogens is 3. The highest BCUT2D eigenvalue weighted by molar-refractivity contribution is 6.99. The molecule has 0 bridgehead atoms. The van der Waals surface area contributed by atoms with E-state index in [4.69, 9.17) is 4.43 Å². The van der Waals surface area contributed by atoms with E-state index in [9.17, 15) is 22.8 Å². The molecule has 4 aromatic rings. The molecular formula is C30H31F3N2O3Si. The summed E-state index contributed by atoms with van der Waals surface area (Å²) in [5, 5.41) is 1.80. The Labute approximate surface area is 226 Å². The molecule has 0 spiro atoms. The summed E-state index contributed by atoms with van der Waals surface area (Å²) in [4.78, 5) is 26.3. The Morgan fingerprint density at radius 3 is 1.90 bits per heavy atom. The van der Waals surface area contributed by atoms with Crippen molar-refractivity contribution in [3.05, 3.63) is 124 Å². The first-order valence-corrected chi connectivity index (χ1v) is 14.5. The average molecular weight is 553 g/mol. The minimum absolute atomic E-state index is 0.0173. The summed E-state index contributed by atoms with van der Waals surface area (Å²) in [7, 11) is -2.93. The van der Waals surface area contributed by atoms with Crippen LogP contribution in [0.15, 0.2) is 107 Å². The van der Waals surface area contributed by atoms with E-state index in [2.05, 4.69) is 20.8 Å². The largest absolute Gasteiger partial charge is 0.416 e. The molecule has 0 N–H and O–H groups in total. The van der Waals surface area contributed by atoms with Crippen LogP contribution in [0.3, 0.4) is 0 Å². The number of rotatable bonds is 7. The van der Waals surface area contributed by atoms with Crippen molar-refractivity contribution in [3.63, 3.8) is 0 Å². The fourth-order valence-electron chi connectivity index (χ4n) is 5.01. The lowest BCUT2D eigenvalue weighted by Crippen LogP contribution is -2.67. The third kappa shape index (κ3) is 5.55. The van der Waals surface area contributed by atoms with Gasteiger partial charge in [0, 0.05) is 12.3 Å². The molecule has 1 aromatic heterocycles. The van der Waals surface area contributed by atoms with Crippen molar-refractivity contribution in [2.45, 2.75) is 45.0 Å². The molecule has 5 nitrogen and oxygen atoms in total. The van der Waals surface area contributed by atoms with E-state index in [0.29, 0.717) is 0 Å². The van der Waals surface area contributed by atoms with Gasteiger partial charge in [0.05, 0.1) is 23.9 Å². The second-order valence-corrected chi connectivity index (χ2v) is 14.9. The normalized spacial score (nSPS) is 13.3. The maximum Gasteiger partial charge on any atom is 0.416 e. The Balaban J connectivity index is 1.77. The van der Waals surface area contributed by atoms with E-state index in [0.717, 1.165) is 31.6 Å². The van der Waals surface area contributed by atoms with Crippen molar-refractivity contribution >= 4 is 18.7 Å². The molecule has 0 saturated carbocycles. The van der Waals surface area contributed by atoms with Gasteiger partial charge >= 0.3 is 11.9 Å². The van der Waals surface area contributed by atoms with Crippen LogP contribution in [-0.2, 0) is 10.6 Å². The van der Waals surface area contributed by atoms with E-state index < -0.39 is 37.3 Å². The second kappa shape index (κ2) is 10.8. The van der Waals surface area contributed by atoms with Gasteiger partial charge in [-0.3, -0.25) is 13.9 Å². The Hall–Kier alpha value is -3.69. The molecule has 0 radical (unpaired) electrons. The van der Waals surface area contributed by atoms with Crippen molar-refractivity contribution in [1.82, 2.24) is 9.13 Å². The Kier molecular flexibility index (Phi) is 7.86. The zero-order valence-corrected chi connectivity index (χ0v) is 23.3. The smallest absolute Gasteiger partial charge is 0.405 e. The quantitative estimate of drug-likeness (QED) is 0.298. The van der Waals surface area contributed by atoms with Gasteiger partial charge in [-0.25, -0.2) is 4.79 Å². The molecule has 0 aliphatic carbocycles. The number of hydrogen-bond acceptors (Lipinski definition) is 3. The fourth-order valence-corrected chi connectivity index (χ4v) is 9.66. The second-order valence-electron chi connectivity index (χ2n) is 10.5. The lowest BCUT2D eigenvalue weighted by Gasteiger charge is -2.43.